The third-order valence-corrected chi connectivity index (χ3v) is 6.28. The quantitative estimate of drug-likeness (QED) is 0.845. The molecular formula is C16H24N2O4S. The number of rotatable bonds is 5. The number of aliphatic hydroxyl groups is 1. The second-order valence-corrected chi connectivity index (χ2v) is 8.50. The molecule has 1 amide bonds. The van der Waals surface area contributed by atoms with Crippen molar-refractivity contribution in [2.45, 2.75) is 43.1 Å². The Morgan fingerprint density at radius 3 is 2.48 bits per heavy atom. The van der Waals surface area contributed by atoms with E-state index in [0.29, 0.717) is 18.4 Å². The summed E-state index contributed by atoms with van der Waals surface area (Å²) in [5.41, 5.74) is 0.0288. The van der Waals surface area contributed by atoms with E-state index in [-0.39, 0.29) is 22.9 Å². The molecule has 0 aromatic heterocycles. The van der Waals surface area contributed by atoms with Crippen molar-refractivity contribution in [3.05, 3.63) is 29.3 Å². The standard InChI is InChI=1S/C16H24N2O4S/c1-12-6-7-13(10-14(12)23(21,22)18(2)3)15(19)17-11-16(20)8-4-5-9-16/h6-7,10,20H,4-5,8-9,11H2,1-3H3,(H,17,19). The van der Waals surface area contributed by atoms with Gasteiger partial charge in [-0.3, -0.25) is 4.79 Å². The average Bonchev–Trinajstić information content (AvgIpc) is 2.92. The highest BCUT2D eigenvalue weighted by atomic mass is 32.2. The van der Waals surface area contributed by atoms with Gasteiger partial charge in [0.25, 0.3) is 5.91 Å². The molecule has 0 atom stereocenters. The van der Waals surface area contributed by atoms with Crippen molar-refractivity contribution >= 4 is 15.9 Å². The van der Waals surface area contributed by atoms with Gasteiger partial charge < -0.3 is 10.4 Å². The summed E-state index contributed by atoms with van der Waals surface area (Å²) in [5.74, 6) is -0.375. The van der Waals surface area contributed by atoms with Crippen LogP contribution in [0.1, 0.15) is 41.6 Å². The summed E-state index contributed by atoms with van der Waals surface area (Å²) < 4.78 is 25.7. The number of nitrogens with one attached hydrogen (secondary N) is 1. The topological polar surface area (TPSA) is 86.7 Å². The maximum atomic E-state index is 12.3. The number of hydrogen-bond acceptors (Lipinski definition) is 4. The van der Waals surface area contributed by atoms with Crippen molar-refractivity contribution in [2.75, 3.05) is 20.6 Å². The van der Waals surface area contributed by atoms with Crippen molar-refractivity contribution < 1.29 is 18.3 Å². The van der Waals surface area contributed by atoms with Crippen molar-refractivity contribution in [2.24, 2.45) is 0 Å². The number of hydrogen-bond donors (Lipinski definition) is 2. The molecule has 0 aliphatic heterocycles. The Hall–Kier alpha value is -1.44. The van der Waals surface area contributed by atoms with E-state index < -0.39 is 15.6 Å². The highest BCUT2D eigenvalue weighted by Gasteiger charge is 2.31. The van der Waals surface area contributed by atoms with Crippen molar-refractivity contribution in [3.8, 4) is 0 Å². The minimum Gasteiger partial charge on any atom is -0.388 e. The zero-order valence-electron chi connectivity index (χ0n) is 13.8. The molecule has 2 N–H and O–H groups in total. The van der Waals surface area contributed by atoms with Gasteiger partial charge in [-0.2, -0.15) is 0 Å². The Morgan fingerprint density at radius 2 is 1.91 bits per heavy atom. The van der Waals surface area contributed by atoms with Gasteiger partial charge in [-0.05, 0) is 37.5 Å². The van der Waals surface area contributed by atoms with Crippen LogP contribution in [0.4, 0.5) is 0 Å². The summed E-state index contributed by atoms with van der Waals surface area (Å²) in [5, 5.41) is 13.0. The molecule has 2 rings (SSSR count). The molecule has 0 spiro atoms. The van der Waals surface area contributed by atoms with E-state index in [0.717, 1.165) is 17.1 Å². The number of sulfonamides is 1. The number of carbonyl (C=O) groups excluding carboxylic acids is 1. The summed E-state index contributed by atoms with van der Waals surface area (Å²) in [6.07, 6.45) is 3.28. The van der Waals surface area contributed by atoms with Crippen LogP contribution >= 0.6 is 0 Å². The van der Waals surface area contributed by atoms with Crippen LogP contribution in [-0.2, 0) is 10.0 Å². The Labute approximate surface area is 137 Å². The SMILES string of the molecule is Cc1ccc(C(=O)NCC2(O)CCCC2)cc1S(=O)(=O)N(C)C. The lowest BCUT2D eigenvalue weighted by atomic mass is 10.0. The fourth-order valence-electron chi connectivity index (χ4n) is 2.77. The van der Waals surface area contributed by atoms with E-state index in [9.17, 15) is 18.3 Å². The molecule has 1 aromatic carbocycles. The van der Waals surface area contributed by atoms with Gasteiger partial charge in [-0.1, -0.05) is 18.9 Å². The highest BCUT2D eigenvalue weighted by Crippen LogP contribution is 2.28. The van der Waals surface area contributed by atoms with Gasteiger partial charge in [0.05, 0.1) is 10.5 Å². The van der Waals surface area contributed by atoms with Gasteiger partial charge in [0, 0.05) is 26.2 Å². The minimum atomic E-state index is -3.60. The van der Waals surface area contributed by atoms with E-state index in [2.05, 4.69) is 5.32 Å². The molecule has 0 bridgehead atoms. The van der Waals surface area contributed by atoms with Crippen LogP contribution in [0.25, 0.3) is 0 Å². The van der Waals surface area contributed by atoms with Crippen LogP contribution in [-0.4, -0.2) is 50.0 Å². The highest BCUT2D eigenvalue weighted by molar-refractivity contribution is 7.89. The number of nitrogens with zero attached hydrogens (tertiary/aromatic N) is 1. The molecule has 0 saturated heterocycles. The van der Waals surface area contributed by atoms with Crippen LogP contribution < -0.4 is 5.32 Å². The van der Waals surface area contributed by atoms with Gasteiger partial charge in [0.1, 0.15) is 0 Å². The average molecular weight is 340 g/mol. The molecule has 1 aliphatic rings. The number of benzene rings is 1. The van der Waals surface area contributed by atoms with E-state index in [4.69, 9.17) is 0 Å². The maximum absolute atomic E-state index is 12.3. The predicted octanol–water partition coefficient (Wildman–Crippen LogP) is 1.28. The van der Waals surface area contributed by atoms with E-state index >= 15 is 0 Å². The second-order valence-electron chi connectivity index (χ2n) is 6.38. The molecule has 128 valence electrons. The molecule has 1 fully saturated rings. The number of amides is 1. The summed E-state index contributed by atoms with van der Waals surface area (Å²) in [7, 11) is -0.691. The predicted molar refractivity (Wildman–Crippen MR) is 87.8 cm³/mol. The Balaban J connectivity index is 2.18. The van der Waals surface area contributed by atoms with Crippen LogP contribution in [0.5, 0.6) is 0 Å². The summed E-state index contributed by atoms with van der Waals surface area (Å²) in [4.78, 5) is 12.4. The third-order valence-electron chi connectivity index (χ3n) is 4.32. The van der Waals surface area contributed by atoms with Gasteiger partial charge >= 0.3 is 0 Å². The first-order valence-corrected chi connectivity index (χ1v) is 9.13. The molecule has 1 saturated carbocycles. The van der Waals surface area contributed by atoms with Crippen LogP contribution in [0.3, 0.4) is 0 Å². The van der Waals surface area contributed by atoms with E-state index in [1.807, 2.05) is 0 Å². The molecular weight excluding hydrogens is 316 g/mol. The molecule has 6 nitrogen and oxygen atoms in total. The van der Waals surface area contributed by atoms with Crippen LogP contribution in [0, 0.1) is 6.92 Å². The van der Waals surface area contributed by atoms with Gasteiger partial charge in [0.15, 0.2) is 0 Å². The fourth-order valence-corrected chi connectivity index (χ4v) is 3.92. The smallest absolute Gasteiger partial charge is 0.251 e. The van der Waals surface area contributed by atoms with E-state index in [1.54, 1.807) is 19.1 Å². The Morgan fingerprint density at radius 1 is 1.30 bits per heavy atom. The lowest BCUT2D eigenvalue weighted by molar-refractivity contribution is 0.0449. The zero-order chi connectivity index (χ0) is 17.3. The second kappa shape index (κ2) is 6.59. The minimum absolute atomic E-state index is 0.120. The molecule has 1 aliphatic carbocycles. The Bertz CT molecular complexity index is 692. The number of carbonyl (C=O) groups is 1. The molecule has 0 radical (unpaired) electrons. The lowest BCUT2D eigenvalue weighted by Gasteiger charge is -2.22. The lowest BCUT2D eigenvalue weighted by Crippen LogP contribution is -2.40. The fraction of sp³-hybridized carbons (Fsp3) is 0.562. The van der Waals surface area contributed by atoms with Gasteiger partial charge in [-0.25, -0.2) is 12.7 Å². The first kappa shape index (κ1) is 17.9. The molecule has 1 aromatic rings. The third kappa shape index (κ3) is 3.91. The summed E-state index contributed by atoms with van der Waals surface area (Å²) >= 11 is 0. The molecule has 7 heteroatoms. The maximum Gasteiger partial charge on any atom is 0.251 e. The normalized spacial score (nSPS) is 17.4. The zero-order valence-corrected chi connectivity index (χ0v) is 14.6. The first-order valence-electron chi connectivity index (χ1n) is 7.69. The largest absolute Gasteiger partial charge is 0.388 e. The first-order chi connectivity index (χ1) is 10.7. The van der Waals surface area contributed by atoms with Crippen LogP contribution in [0.15, 0.2) is 23.1 Å². The number of aryl methyl sites for hydroxylation is 1. The van der Waals surface area contributed by atoms with Gasteiger partial charge in [-0.15, -0.1) is 0 Å². The van der Waals surface area contributed by atoms with E-state index in [1.165, 1.54) is 20.2 Å². The molecule has 23 heavy (non-hydrogen) atoms. The van der Waals surface area contributed by atoms with Crippen molar-refractivity contribution in [3.63, 3.8) is 0 Å². The molecule has 0 unspecified atom stereocenters. The summed E-state index contributed by atoms with van der Waals surface area (Å²) in [6, 6.07) is 4.60. The van der Waals surface area contributed by atoms with Crippen molar-refractivity contribution in [1.29, 1.82) is 0 Å². The van der Waals surface area contributed by atoms with Crippen molar-refractivity contribution in [1.82, 2.24) is 9.62 Å². The molecule has 0 heterocycles. The van der Waals surface area contributed by atoms with Gasteiger partial charge in [0.2, 0.25) is 10.0 Å². The summed E-state index contributed by atoms with van der Waals surface area (Å²) in [6.45, 7) is 1.88. The Kier molecular flexibility index (Phi) is 5.13. The van der Waals surface area contributed by atoms with Crippen LogP contribution in [0.2, 0.25) is 0 Å². The monoisotopic (exact) mass is 340 g/mol.